The van der Waals surface area contributed by atoms with E-state index in [-0.39, 0.29) is 23.1 Å². The first-order valence-electron chi connectivity index (χ1n) is 6.74. The molecule has 104 valence electrons. The van der Waals surface area contributed by atoms with Crippen LogP contribution in [0.25, 0.3) is 10.9 Å². The molecule has 5 heteroatoms. The largest absolute Gasteiger partial charge is 0.337 e. The Morgan fingerprint density at radius 1 is 1.40 bits per heavy atom. The molecule has 1 fully saturated rings. The summed E-state index contributed by atoms with van der Waals surface area (Å²) in [4.78, 5) is 29.2. The summed E-state index contributed by atoms with van der Waals surface area (Å²) in [6, 6.07) is 7.52. The zero-order valence-corrected chi connectivity index (χ0v) is 11.3. The normalized spacial score (nSPS) is 18.7. The van der Waals surface area contributed by atoms with Crippen molar-refractivity contribution < 1.29 is 4.79 Å². The minimum atomic E-state index is -0.327. The topological polar surface area (TPSA) is 79.2 Å². The number of benzene rings is 1. The van der Waals surface area contributed by atoms with Crippen molar-refractivity contribution in [3.8, 4) is 0 Å². The number of hydrogen-bond acceptors (Lipinski definition) is 3. The van der Waals surface area contributed by atoms with Crippen molar-refractivity contribution >= 4 is 16.8 Å². The molecule has 0 spiro atoms. The maximum absolute atomic E-state index is 12.5. The van der Waals surface area contributed by atoms with Crippen LogP contribution in [0.15, 0.2) is 29.1 Å². The maximum atomic E-state index is 12.5. The number of nitrogens with one attached hydrogen (secondary N) is 1. The lowest BCUT2D eigenvalue weighted by molar-refractivity contribution is 0.0788. The van der Waals surface area contributed by atoms with Crippen molar-refractivity contribution in [3.63, 3.8) is 0 Å². The van der Waals surface area contributed by atoms with E-state index < -0.39 is 0 Å². The summed E-state index contributed by atoms with van der Waals surface area (Å²) in [6.07, 6.45) is 0.788. The Bertz CT molecular complexity index is 735. The van der Waals surface area contributed by atoms with Crippen LogP contribution in [0.1, 0.15) is 22.3 Å². The molecule has 1 aromatic heterocycles. The SMILES string of the molecule is Cc1c(C(=O)N2CC[C@@H](N)C2)c(=O)[nH]c2ccccc12. The van der Waals surface area contributed by atoms with Crippen LogP contribution in [0.4, 0.5) is 0 Å². The number of aryl methyl sites for hydroxylation is 1. The lowest BCUT2D eigenvalue weighted by Gasteiger charge is -2.17. The summed E-state index contributed by atoms with van der Waals surface area (Å²) in [7, 11) is 0. The van der Waals surface area contributed by atoms with Crippen LogP contribution in [0.3, 0.4) is 0 Å². The van der Waals surface area contributed by atoms with Crippen molar-refractivity contribution in [2.75, 3.05) is 13.1 Å². The van der Waals surface area contributed by atoms with E-state index in [1.807, 2.05) is 31.2 Å². The predicted molar refractivity (Wildman–Crippen MR) is 77.8 cm³/mol. The van der Waals surface area contributed by atoms with E-state index in [0.29, 0.717) is 13.1 Å². The first-order chi connectivity index (χ1) is 9.58. The first-order valence-corrected chi connectivity index (χ1v) is 6.74. The predicted octanol–water partition coefficient (Wildman–Crippen LogP) is 1.01. The number of amides is 1. The van der Waals surface area contributed by atoms with E-state index in [2.05, 4.69) is 4.98 Å². The lowest BCUT2D eigenvalue weighted by atomic mass is 10.0. The van der Waals surface area contributed by atoms with Gasteiger partial charge in [-0.3, -0.25) is 9.59 Å². The molecule has 2 aromatic rings. The molecular formula is C15H17N3O2. The van der Waals surface area contributed by atoms with Crippen LogP contribution in [-0.2, 0) is 0 Å². The van der Waals surface area contributed by atoms with Gasteiger partial charge in [-0.25, -0.2) is 0 Å². The van der Waals surface area contributed by atoms with Crippen LogP contribution in [0.5, 0.6) is 0 Å². The number of likely N-dealkylation sites (tertiary alicyclic amines) is 1. The third-order valence-corrected chi connectivity index (χ3v) is 3.91. The molecular weight excluding hydrogens is 254 g/mol. The molecule has 1 amide bonds. The van der Waals surface area contributed by atoms with Gasteiger partial charge in [-0.2, -0.15) is 0 Å². The fourth-order valence-corrected chi connectivity index (χ4v) is 2.80. The molecule has 0 saturated carbocycles. The minimum absolute atomic E-state index is 0.0128. The number of nitrogens with two attached hydrogens (primary N) is 1. The number of pyridine rings is 1. The molecule has 3 N–H and O–H groups in total. The van der Waals surface area contributed by atoms with Gasteiger partial charge in [0.15, 0.2) is 0 Å². The van der Waals surface area contributed by atoms with E-state index in [4.69, 9.17) is 5.73 Å². The molecule has 1 aliphatic heterocycles. The summed E-state index contributed by atoms with van der Waals surface area (Å²) >= 11 is 0. The van der Waals surface area contributed by atoms with Crippen molar-refractivity contribution in [2.24, 2.45) is 5.73 Å². The number of rotatable bonds is 1. The van der Waals surface area contributed by atoms with Crippen LogP contribution in [-0.4, -0.2) is 34.9 Å². The van der Waals surface area contributed by atoms with Gasteiger partial charge >= 0.3 is 0 Å². The smallest absolute Gasteiger partial charge is 0.261 e. The highest BCUT2D eigenvalue weighted by atomic mass is 16.2. The number of aromatic nitrogens is 1. The molecule has 1 aromatic carbocycles. The fraction of sp³-hybridized carbons (Fsp3) is 0.333. The van der Waals surface area contributed by atoms with E-state index in [9.17, 15) is 9.59 Å². The summed E-state index contributed by atoms with van der Waals surface area (Å²) in [5.41, 5.74) is 7.22. The number of hydrogen-bond donors (Lipinski definition) is 2. The molecule has 5 nitrogen and oxygen atoms in total. The van der Waals surface area contributed by atoms with E-state index >= 15 is 0 Å². The van der Waals surface area contributed by atoms with Crippen molar-refractivity contribution in [1.29, 1.82) is 0 Å². The molecule has 2 heterocycles. The fourth-order valence-electron chi connectivity index (χ4n) is 2.80. The Labute approximate surface area is 116 Å². The van der Waals surface area contributed by atoms with Crippen LogP contribution in [0, 0.1) is 6.92 Å². The Kier molecular flexibility index (Phi) is 3.06. The first kappa shape index (κ1) is 12.9. The molecule has 0 unspecified atom stereocenters. The van der Waals surface area contributed by atoms with Gasteiger partial charge in [0.25, 0.3) is 11.5 Å². The van der Waals surface area contributed by atoms with Gasteiger partial charge in [0.1, 0.15) is 5.56 Å². The van der Waals surface area contributed by atoms with Gasteiger partial charge in [-0.05, 0) is 25.0 Å². The average Bonchev–Trinajstić information content (AvgIpc) is 2.85. The molecule has 1 aliphatic rings. The Balaban J connectivity index is 2.12. The minimum Gasteiger partial charge on any atom is -0.337 e. The number of carbonyl (C=O) groups excluding carboxylic acids is 1. The monoisotopic (exact) mass is 271 g/mol. The second-order valence-corrected chi connectivity index (χ2v) is 5.30. The number of aromatic amines is 1. The third kappa shape index (κ3) is 2.00. The van der Waals surface area contributed by atoms with E-state index in [1.165, 1.54) is 0 Å². The van der Waals surface area contributed by atoms with Gasteiger partial charge in [-0.15, -0.1) is 0 Å². The van der Waals surface area contributed by atoms with Gasteiger partial charge < -0.3 is 15.6 Å². The highest BCUT2D eigenvalue weighted by Gasteiger charge is 2.27. The third-order valence-electron chi connectivity index (χ3n) is 3.91. The van der Waals surface area contributed by atoms with Crippen LogP contribution < -0.4 is 11.3 Å². The Hall–Kier alpha value is -2.14. The molecule has 1 saturated heterocycles. The molecule has 0 bridgehead atoms. The number of H-pyrrole nitrogens is 1. The molecule has 0 radical (unpaired) electrons. The number of para-hydroxylation sites is 1. The van der Waals surface area contributed by atoms with Crippen molar-refractivity contribution in [2.45, 2.75) is 19.4 Å². The van der Waals surface area contributed by atoms with Gasteiger partial charge in [-0.1, -0.05) is 18.2 Å². The number of fused-ring (bicyclic) bond motifs is 1. The zero-order chi connectivity index (χ0) is 14.3. The van der Waals surface area contributed by atoms with Crippen molar-refractivity contribution in [3.05, 3.63) is 45.7 Å². The van der Waals surface area contributed by atoms with E-state index in [1.54, 1.807) is 4.90 Å². The zero-order valence-electron chi connectivity index (χ0n) is 11.3. The molecule has 0 aliphatic carbocycles. The second kappa shape index (κ2) is 4.76. The highest BCUT2D eigenvalue weighted by Crippen LogP contribution is 2.19. The Morgan fingerprint density at radius 3 is 2.85 bits per heavy atom. The summed E-state index contributed by atoms with van der Waals surface area (Å²) < 4.78 is 0. The summed E-state index contributed by atoms with van der Waals surface area (Å²) in [6.45, 7) is 2.96. The summed E-state index contributed by atoms with van der Waals surface area (Å²) in [5.74, 6) is -0.220. The average molecular weight is 271 g/mol. The van der Waals surface area contributed by atoms with Gasteiger partial charge in [0.2, 0.25) is 0 Å². The van der Waals surface area contributed by atoms with Crippen LogP contribution in [0.2, 0.25) is 0 Å². The number of nitrogens with zero attached hydrogens (tertiary/aromatic N) is 1. The second-order valence-electron chi connectivity index (χ2n) is 5.30. The standard InChI is InChI=1S/C15H17N3O2/c1-9-11-4-2-3-5-12(11)17-14(19)13(9)15(20)18-7-6-10(16)8-18/h2-5,10H,6-8,16H2,1H3,(H,17,19)/t10-/m1/s1. The van der Waals surface area contributed by atoms with Crippen LogP contribution >= 0.6 is 0 Å². The Morgan fingerprint density at radius 2 is 2.15 bits per heavy atom. The lowest BCUT2D eigenvalue weighted by Crippen LogP contribution is -2.35. The van der Waals surface area contributed by atoms with Gasteiger partial charge in [0.05, 0.1) is 0 Å². The molecule has 20 heavy (non-hydrogen) atoms. The molecule has 3 rings (SSSR count). The van der Waals surface area contributed by atoms with Crippen molar-refractivity contribution in [1.82, 2.24) is 9.88 Å². The van der Waals surface area contributed by atoms with E-state index in [0.717, 1.165) is 22.9 Å². The maximum Gasteiger partial charge on any atom is 0.261 e. The summed E-state index contributed by atoms with van der Waals surface area (Å²) in [5, 5.41) is 0.902. The van der Waals surface area contributed by atoms with Gasteiger partial charge in [0, 0.05) is 30.0 Å². The molecule has 1 atom stereocenters. The number of carbonyl (C=O) groups is 1. The highest BCUT2D eigenvalue weighted by molar-refractivity contribution is 6.00. The quantitative estimate of drug-likeness (QED) is 0.812.